The minimum absolute atomic E-state index is 0.0358. The van der Waals surface area contributed by atoms with Crippen molar-refractivity contribution >= 4 is 56.7 Å². The third-order valence-corrected chi connectivity index (χ3v) is 15.1. The van der Waals surface area contributed by atoms with Gasteiger partial charge in [-0.25, -0.2) is 4.79 Å². The summed E-state index contributed by atoms with van der Waals surface area (Å²) in [6.07, 6.45) is 29.5. The van der Waals surface area contributed by atoms with Crippen LogP contribution in [-0.2, 0) is 22.4 Å². The van der Waals surface area contributed by atoms with Crippen LogP contribution in [0.15, 0.2) is 36.4 Å². The number of rotatable bonds is 32. The minimum atomic E-state index is -0.705. The third-order valence-electron chi connectivity index (χ3n) is 13.9. The first-order valence-electron chi connectivity index (χ1n) is 26.1. The zero-order valence-corrected chi connectivity index (χ0v) is 42.4. The second-order valence-electron chi connectivity index (χ2n) is 19.5. The van der Waals surface area contributed by atoms with Crippen molar-refractivity contribution in [2.24, 2.45) is 5.92 Å². The van der Waals surface area contributed by atoms with E-state index < -0.39 is 6.23 Å². The fourth-order valence-electron chi connectivity index (χ4n) is 9.80. The highest BCUT2D eigenvalue weighted by Gasteiger charge is 2.39. The van der Waals surface area contributed by atoms with Crippen LogP contribution < -0.4 is 9.80 Å². The van der Waals surface area contributed by atoms with Crippen molar-refractivity contribution in [2.45, 2.75) is 207 Å². The van der Waals surface area contributed by atoms with E-state index in [9.17, 15) is 9.59 Å². The molecule has 3 aromatic rings. The van der Waals surface area contributed by atoms with Crippen LogP contribution in [0.25, 0.3) is 10.1 Å². The molecule has 0 radical (unpaired) electrons. The smallest absolute Gasteiger partial charge is 0.411 e. The summed E-state index contributed by atoms with van der Waals surface area (Å²) >= 11 is 8.61. The van der Waals surface area contributed by atoms with Crippen LogP contribution >= 0.6 is 23.1 Å². The van der Waals surface area contributed by atoms with Gasteiger partial charge in [0, 0.05) is 61.6 Å². The Bertz CT molecular complexity index is 1790. The van der Waals surface area contributed by atoms with Crippen molar-refractivity contribution in [3.05, 3.63) is 52.5 Å². The molecule has 2 aromatic carbocycles. The lowest BCUT2D eigenvalue weighted by Gasteiger charge is -2.35. The van der Waals surface area contributed by atoms with Crippen LogP contribution in [0.1, 0.15) is 193 Å². The van der Waals surface area contributed by atoms with Gasteiger partial charge in [-0.1, -0.05) is 192 Å². The van der Waals surface area contributed by atoms with E-state index in [0.717, 1.165) is 87.5 Å². The summed E-state index contributed by atoms with van der Waals surface area (Å²) in [5, 5.41) is 1.91. The zero-order valence-electron chi connectivity index (χ0n) is 40.9. The van der Waals surface area contributed by atoms with E-state index in [4.69, 9.17) is 20.7 Å². The van der Waals surface area contributed by atoms with E-state index in [1.54, 1.807) is 16.4 Å². The molecule has 1 fully saturated rings. The first kappa shape index (κ1) is 52.1. The summed E-state index contributed by atoms with van der Waals surface area (Å²) in [5.74, 6) is 0.975. The summed E-state index contributed by atoms with van der Waals surface area (Å²) in [6, 6.07) is 12.6. The van der Waals surface area contributed by atoms with Gasteiger partial charge in [-0.05, 0) is 67.0 Å². The lowest BCUT2D eigenvalue weighted by atomic mass is 10.0. The highest BCUT2D eigenvalue weighted by atomic mass is 35.5. The first-order valence-corrected chi connectivity index (χ1v) is 27.3. The highest BCUT2D eigenvalue weighted by molar-refractivity contribution is 7.13. The van der Waals surface area contributed by atoms with E-state index in [-0.39, 0.29) is 30.4 Å². The van der Waals surface area contributed by atoms with Gasteiger partial charge in [-0.2, -0.15) is 4.37 Å². The Morgan fingerprint density at radius 1 is 0.766 bits per heavy atom. The predicted molar refractivity (Wildman–Crippen MR) is 273 cm³/mol. The van der Waals surface area contributed by atoms with Gasteiger partial charge in [0.1, 0.15) is 5.82 Å². The van der Waals surface area contributed by atoms with Gasteiger partial charge in [-0.15, -0.1) is 0 Å². The number of hydrogen-bond acceptors (Lipinski definition) is 7. The average molecular weight is 921 g/mol. The van der Waals surface area contributed by atoms with Crippen LogP contribution in [0.5, 0.6) is 0 Å². The molecule has 1 aromatic heterocycles. The van der Waals surface area contributed by atoms with Crippen LogP contribution in [0.4, 0.5) is 16.3 Å². The number of halogens is 1. The van der Waals surface area contributed by atoms with Crippen molar-refractivity contribution < 1.29 is 14.3 Å². The summed E-state index contributed by atoms with van der Waals surface area (Å²) < 4.78 is 12.5. The Kier molecular flexibility index (Phi) is 23.6. The predicted octanol–water partition coefficient (Wildman–Crippen LogP) is 15.0. The Morgan fingerprint density at radius 2 is 1.33 bits per heavy atom. The molecular weight excluding hydrogens is 834 g/mol. The molecule has 358 valence electrons. The summed E-state index contributed by atoms with van der Waals surface area (Å²) in [5.41, 5.74) is 2.81. The van der Waals surface area contributed by atoms with Crippen molar-refractivity contribution in [3.8, 4) is 0 Å². The lowest BCUT2D eigenvalue weighted by molar-refractivity contribution is -0.119. The molecule has 0 saturated carbocycles. The largest absolute Gasteiger partial charge is 0.425 e. The van der Waals surface area contributed by atoms with E-state index in [1.807, 2.05) is 24.8 Å². The molecule has 2 amide bonds. The number of piperazine rings is 1. The number of hydrogen-bond donors (Lipinski definition) is 0. The SMILES string of the molecule is CCCCCCCCCCCCCCN(C(=O)OC(C(C)C)N1C(=O)Cc2cc(CCN3CCN(c4nsc5ccccc45)CC3)c(Cl)cc21)C(C)CCCCCCCCCCCC. The summed E-state index contributed by atoms with van der Waals surface area (Å²) in [4.78, 5) is 36.8. The van der Waals surface area contributed by atoms with E-state index in [1.165, 1.54) is 132 Å². The number of benzene rings is 2. The normalized spacial score (nSPS) is 15.4. The molecule has 3 heterocycles. The Balaban J connectivity index is 1.13. The molecule has 0 bridgehead atoms. The van der Waals surface area contributed by atoms with E-state index in [0.29, 0.717) is 11.6 Å². The number of nitrogens with zero attached hydrogens (tertiary/aromatic N) is 5. The van der Waals surface area contributed by atoms with Gasteiger partial charge in [0.05, 0.1) is 16.8 Å². The number of anilines is 2. The lowest BCUT2D eigenvalue weighted by Crippen LogP contribution is -2.48. The number of fused-ring (bicyclic) bond motifs is 2. The standard InChI is InChI=1S/C54H86ClN5O3S/c1-6-8-10-12-14-16-18-19-21-23-25-29-34-59(44(5)30-26-24-22-20-17-15-13-11-9-7-2)54(62)63-53(43(3)4)60-49-42-48(55)45(40-46(49)41-51(60)61)33-35-57-36-38-58(39-37-57)52-47-31-27-28-32-50(47)64-56-52/h27-28,31-32,40,42-44,53H,6-26,29-30,33-39,41H2,1-5H3. The molecule has 2 aliphatic heterocycles. The minimum Gasteiger partial charge on any atom is -0.425 e. The number of carbonyl (C=O) groups excluding carboxylic acids is 2. The second-order valence-corrected chi connectivity index (χ2v) is 20.7. The van der Waals surface area contributed by atoms with Gasteiger partial charge in [-0.3, -0.25) is 14.6 Å². The molecule has 10 heteroatoms. The molecule has 8 nitrogen and oxygen atoms in total. The van der Waals surface area contributed by atoms with E-state index in [2.05, 4.69) is 60.9 Å². The number of aromatic nitrogens is 1. The molecular formula is C54H86ClN5O3S. The number of amides is 2. The average Bonchev–Trinajstić information content (AvgIpc) is 3.86. The number of unbranched alkanes of at least 4 members (excludes halogenated alkanes) is 20. The van der Waals surface area contributed by atoms with Crippen LogP contribution in [0, 0.1) is 5.92 Å². The monoisotopic (exact) mass is 920 g/mol. The summed E-state index contributed by atoms with van der Waals surface area (Å²) in [6.45, 7) is 16.2. The Morgan fingerprint density at radius 3 is 1.92 bits per heavy atom. The number of ether oxygens (including phenoxy) is 1. The molecule has 2 atom stereocenters. The first-order chi connectivity index (χ1) is 31.2. The van der Waals surface area contributed by atoms with Crippen molar-refractivity contribution in [1.29, 1.82) is 0 Å². The maximum atomic E-state index is 14.3. The van der Waals surface area contributed by atoms with Crippen LogP contribution in [0.3, 0.4) is 0 Å². The second kappa shape index (κ2) is 29.0. The molecule has 64 heavy (non-hydrogen) atoms. The Labute approximate surface area is 398 Å². The zero-order chi connectivity index (χ0) is 45.5. The van der Waals surface area contributed by atoms with Gasteiger partial charge >= 0.3 is 6.09 Å². The van der Waals surface area contributed by atoms with Gasteiger partial charge in [0.2, 0.25) is 5.91 Å². The van der Waals surface area contributed by atoms with Crippen molar-refractivity contribution in [3.63, 3.8) is 0 Å². The fourth-order valence-corrected chi connectivity index (χ4v) is 10.8. The molecule has 2 unspecified atom stereocenters. The highest BCUT2D eigenvalue weighted by Crippen LogP contribution is 2.38. The molecule has 0 N–H and O–H groups in total. The van der Waals surface area contributed by atoms with Crippen LogP contribution in [-0.4, -0.2) is 77.7 Å². The van der Waals surface area contributed by atoms with Gasteiger partial charge in [0.15, 0.2) is 6.23 Å². The van der Waals surface area contributed by atoms with Gasteiger partial charge in [0.25, 0.3) is 0 Å². The fraction of sp³-hybridized carbons (Fsp3) is 0.722. The van der Waals surface area contributed by atoms with E-state index >= 15 is 0 Å². The molecule has 0 aliphatic carbocycles. The summed E-state index contributed by atoms with van der Waals surface area (Å²) in [7, 11) is 0. The Hall–Kier alpha value is -2.88. The molecule has 2 aliphatic rings. The maximum absolute atomic E-state index is 14.3. The topological polar surface area (TPSA) is 69.2 Å². The molecule has 0 spiro atoms. The molecule has 1 saturated heterocycles. The maximum Gasteiger partial charge on any atom is 0.411 e. The van der Waals surface area contributed by atoms with Crippen molar-refractivity contribution in [1.82, 2.24) is 14.2 Å². The quantitative estimate of drug-likeness (QED) is 0.0581. The third kappa shape index (κ3) is 16.5. The molecule has 5 rings (SSSR count). The van der Waals surface area contributed by atoms with Gasteiger partial charge < -0.3 is 14.5 Å². The number of carbonyl (C=O) groups is 2. The van der Waals surface area contributed by atoms with Crippen molar-refractivity contribution in [2.75, 3.05) is 49.1 Å². The van der Waals surface area contributed by atoms with Crippen LogP contribution in [0.2, 0.25) is 5.02 Å².